The van der Waals surface area contributed by atoms with Gasteiger partial charge in [0, 0.05) is 31.4 Å². The molecule has 1 aliphatic heterocycles. The maximum Gasteiger partial charge on any atom is 0.319 e. The number of nitrogens with one attached hydrogen (secondary N) is 2. The molecule has 0 spiro atoms. The fraction of sp³-hybridized carbons (Fsp3) is 0.263. The lowest BCUT2D eigenvalue weighted by Crippen LogP contribution is -2.30. The number of amides is 3. The molecule has 2 aromatic carbocycles. The van der Waals surface area contributed by atoms with Gasteiger partial charge in [0.2, 0.25) is 5.91 Å². The summed E-state index contributed by atoms with van der Waals surface area (Å²) in [5, 5.41) is 5.68. The molecule has 3 amide bonds. The zero-order chi connectivity index (χ0) is 16.9. The minimum absolute atomic E-state index is 0.0261. The van der Waals surface area contributed by atoms with Crippen LogP contribution in [0.4, 0.5) is 16.2 Å². The van der Waals surface area contributed by atoms with Gasteiger partial charge in [-0.15, -0.1) is 0 Å². The van der Waals surface area contributed by atoms with E-state index in [0.29, 0.717) is 18.8 Å². The Morgan fingerprint density at radius 3 is 2.67 bits per heavy atom. The van der Waals surface area contributed by atoms with Crippen LogP contribution in [0.2, 0.25) is 0 Å². The summed E-state index contributed by atoms with van der Waals surface area (Å²) in [6.07, 6.45) is 1.65. The summed E-state index contributed by atoms with van der Waals surface area (Å²) in [7, 11) is 0. The van der Waals surface area contributed by atoms with Crippen molar-refractivity contribution in [1.82, 2.24) is 5.32 Å². The van der Waals surface area contributed by atoms with Crippen LogP contribution in [0.1, 0.15) is 18.1 Å². The van der Waals surface area contributed by atoms with Gasteiger partial charge in [-0.1, -0.05) is 36.4 Å². The van der Waals surface area contributed by atoms with Crippen molar-refractivity contribution in [2.45, 2.75) is 19.8 Å². The van der Waals surface area contributed by atoms with E-state index < -0.39 is 0 Å². The Hall–Kier alpha value is -2.82. The maximum absolute atomic E-state index is 12.0. The Labute approximate surface area is 141 Å². The van der Waals surface area contributed by atoms with Crippen LogP contribution in [0, 0.1) is 0 Å². The molecule has 0 atom stereocenters. The molecule has 3 rings (SSSR count). The second kappa shape index (κ2) is 7.17. The first-order chi connectivity index (χ1) is 11.6. The van der Waals surface area contributed by atoms with E-state index in [1.807, 2.05) is 48.5 Å². The summed E-state index contributed by atoms with van der Waals surface area (Å²) >= 11 is 0. The smallest absolute Gasteiger partial charge is 0.319 e. The summed E-state index contributed by atoms with van der Waals surface area (Å²) < 4.78 is 0. The molecular weight excluding hydrogens is 302 g/mol. The van der Waals surface area contributed by atoms with Gasteiger partial charge in [0.15, 0.2) is 0 Å². The van der Waals surface area contributed by atoms with Crippen molar-refractivity contribution in [1.29, 1.82) is 0 Å². The Morgan fingerprint density at radius 2 is 1.92 bits per heavy atom. The fourth-order valence-electron chi connectivity index (χ4n) is 2.92. The normalized spacial score (nSPS) is 12.6. The van der Waals surface area contributed by atoms with Crippen LogP contribution in [-0.2, 0) is 17.6 Å². The van der Waals surface area contributed by atoms with Crippen molar-refractivity contribution in [3.8, 4) is 0 Å². The number of hydrogen-bond acceptors (Lipinski definition) is 2. The SMILES string of the molecule is CC(=O)N1CCc2ccc(NC(=O)NCCc3ccccc3)cc21. The lowest BCUT2D eigenvalue weighted by molar-refractivity contribution is -0.116. The quantitative estimate of drug-likeness (QED) is 0.909. The second-order valence-electron chi connectivity index (χ2n) is 5.88. The molecule has 0 saturated heterocycles. The highest BCUT2D eigenvalue weighted by molar-refractivity contribution is 5.96. The number of fused-ring (bicyclic) bond motifs is 1. The third-order valence-corrected chi connectivity index (χ3v) is 4.16. The summed E-state index contributed by atoms with van der Waals surface area (Å²) in [6.45, 7) is 2.84. The number of rotatable bonds is 4. The summed E-state index contributed by atoms with van der Waals surface area (Å²) in [4.78, 5) is 25.4. The zero-order valence-electron chi connectivity index (χ0n) is 13.7. The Balaban J connectivity index is 1.55. The van der Waals surface area contributed by atoms with E-state index in [9.17, 15) is 9.59 Å². The molecule has 5 nitrogen and oxygen atoms in total. The number of nitrogens with zero attached hydrogens (tertiary/aromatic N) is 1. The highest BCUT2D eigenvalue weighted by atomic mass is 16.2. The molecule has 0 aliphatic carbocycles. The maximum atomic E-state index is 12.0. The first-order valence-electron chi connectivity index (χ1n) is 8.13. The van der Waals surface area contributed by atoms with Crippen LogP contribution in [0.25, 0.3) is 0 Å². The molecule has 24 heavy (non-hydrogen) atoms. The predicted molar refractivity (Wildman–Crippen MR) is 95.3 cm³/mol. The molecule has 2 N–H and O–H groups in total. The molecule has 0 fully saturated rings. The summed E-state index contributed by atoms with van der Waals surface area (Å²) in [5.74, 6) is 0.0261. The molecule has 1 heterocycles. The first kappa shape index (κ1) is 16.1. The third kappa shape index (κ3) is 3.74. The van der Waals surface area contributed by atoms with Gasteiger partial charge in [0.05, 0.1) is 0 Å². The van der Waals surface area contributed by atoms with Gasteiger partial charge >= 0.3 is 6.03 Å². The summed E-state index contributed by atoms with van der Waals surface area (Å²) in [6, 6.07) is 15.5. The highest BCUT2D eigenvalue weighted by Crippen LogP contribution is 2.30. The number of anilines is 2. The lowest BCUT2D eigenvalue weighted by atomic mass is 10.1. The van der Waals surface area contributed by atoms with Crippen molar-refractivity contribution < 1.29 is 9.59 Å². The second-order valence-corrected chi connectivity index (χ2v) is 5.88. The monoisotopic (exact) mass is 323 g/mol. The first-order valence-corrected chi connectivity index (χ1v) is 8.13. The number of carbonyl (C=O) groups is 2. The molecule has 0 radical (unpaired) electrons. The van der Waals surface area contributed by atoms with Crippen molar-refractivity contribution in [3.05, 3.63) is 59.7 Å². The molecule has 5 heteroatoms. The van der Waals surface area contributed by atoms with Crippen LogP contribution < -0.4 is 15.5 Å². The molecule has 0 unspecified atom stereocenters. The van der Waals surface area contributed by atoms with Crippen LogP contribution in [0.3, 0.4) is 0 Å². The van der Waals surface area contributed by atoms with E-state index in [2.05, 4.69) is 10.6 Å². The van der Waals surface area contributed by atoms with Gasteiger partial charge in [0.1, 0.15) is 0 Å². The van der Waals surface area contributed by atoms with E-state index in [1.54, 1.807) is 11.8 Å². The van der Waals surface area contributed by atoms with E-state index >= 15 is 0 Å². The molecular formula is C19H21N3O2. The Kier molecular flexibility index (Phi) is 4.79. The van der Waals surface area contributed by atoms with Gasteiger partial charge < -0.3 is 15.5 Å². The molecule has 0 aromatic heterocycles. The van der Waals surface area contributed by atoms with Crippen molar-refractivity contribution in [3.63, 3.8) is 0 Å². The van der Waals surface area contributed by atoms with Crippen molar-refractivity contribution in [2.75, 3.05) is 23.3 Å². The van der Waals surface area contributed by atoms with E-state index in [4.69, 9.17) is 0 Å². The van der Waals surface area contributed by atoms with Gasteiger partial charge in [-0.05, 0) is 36.1 Å². The standard InChI is InChI=1S/C19H21N3O2/c1-14(23)22-12-10-16-7-8-17(13-18(16)22)21-19(24)20-11-9-15-5-3-2-4-6-15/h2-8,13H,9-12H2,1H3,(H2,20,21,24). The topological polar surface area (TPSA) is 61.4 Å². The molecule has 2 aromatic rings. The van der Waals surface area contributed by atoms with E-state index in [-0.39, 0.29) is 11.9 Å². The number of benzene rings is 2. The highest BCUT2D eigenvalue weighted by Gasteiger charge is 2.22. The van der Waals surface area contributed by atoms with Crippen LogP contribution in [0.5, 0.6) is 0 Å². The van der Waals surface area contributed by atoms with Crippen LogP contribution >= 0.6 is 0 Å². The summed E-state index contributed by atoms with van der Waals surface area (Å²) in [5.41, 5.74) is 3.91. The fourth-order valence-corrected chi connectivity index (χ4v) is 2.92. The van der Waals surface area contributed by atoms with Crippen molar-refractivity contribution >= 4 is 23.3 Å². The van der Waals surface area contributed by atoms with Crippen LogP contribution in [-0.4, -0.2) is 25.0 Å². The van der Waals surface area contributed by atoms with Gasteiger partial charge in [-0.25, -0.2) is 4.79 Å². The van der Waals surface area contributed by atoms with Crippen LogP contribution in [0.15, 0.2) is 48.5 Å². The number of urea groups is 1. The number of carbonyl (C=O) groups excluding carboxylic acids is 2. The molecule has 0 saturated carbocycles. The lowest BCUT2D eigenvalue weighted by Gasteiger charge is -2.16. The zero-order valence-corrected chi connectivity index (χ0v) is 13.7. The predicted octanol–water partition coefficient (Wildman–Crippen LogP) is 2.96. The van der Waals surface area contributed by atoms with Gasteiger partial charge in [-0.3, -0.25) is 4.79 Å². The third-order valence-electron chi connectivity index (χ3n) is 4.16. The molecule has 0 bridgehead atoms. The largest absolute Gasteiger partial charge is 0.338 e. The molecule has 1 aliphatic rings. The Morgan fingerprint density at radius 1 is 1.12 bits per heavy atom. The molecule has 124 valence electrons. The van der Waals surface area contributed by atoms with Gasteiger partial charge in [-0.2, -0.15) is 0 Å². The van der Waals surface area contributed by atoms with E-state index in [0.717, 1.165) is 24.1 Å². The number of hydrogen-bond donors (Lipinski definition) is 2. The minimum Gasteiger partial charge on any atom is -0.338 e. The van der Waals surface area contributed by atoms with Gasteiger partial charge in [0.25, 0.3) is 0 Å². The average molecular weight is 323 g/mol. The minimum atomic E-state index is -0.238. The van der Waals surface area contributed by atoms with E-state index in [1.165, 1.54) is 5.56 Å². The average Bonchev–Trinajstić information content (AvgIpc) is 2.99. The Bertz CT molecular complexity index is 744. The van der Waals surface area contributed by atoms with Crippen molar-refractivity contribution in [2.24, 2.45) is 0 Å².